The Kier molecular flexibility index (Phi) is 4.16. The van der Waals surface area contributed by atoms with Crippen LogP contribution in [0.1, 0.15) is 38.2 Å². The highest BCUT2D eigenvalue weighted by molar-refractivity contribution is 6.06. The molecule has 1 aromatic heterocycles. The average molecular weight is 321 g/mol. The maximum atomic E-state index is 11.9. The number of fused-ring (bicyclic) bond motifs is 1. The van der Waals surface area contributed by atoms with E-state index < -0.39 is 0 Å². The zero-order valence-electron chi connectivity index (χ0n) is 14.6. The molecule has 0 spiro atoms. The molecule has 3 rings (SSSR count). The van der Waals surface area contributed by atoms with Crippen LogP contribution in [0.25, 0.3) is 10.9 Å². The van der Waals surface area contributed by atoms with Gasteiger partial charge in [0.25, 0.3) is 5.91 Å². The molecule has 124 valence electrons. The SMILES string of the molecule is Cc1cc(C)c(C)c(Cn2ccc3c(C(=O)NN)cccc32)c1C. The van der Waals surface area contributed by atoms with Crippen LogP contribution in [0.15, 0.2) is 36.5 Å². The van der Waals surface area contributed by atoms with E-state index in [2.05, 4.69) is 43.8 Å². The molecule has 0 radical (unpaired) electrons. The molecule has 1 heterocycles. The number of hydrogen-bond donors (Lipinski definition) is 2. The fourth-order valence-electron chi connectivity index (χ4n) is 3.34. The summed E-state index contributed by atoms with van der Waals surface area (Å²) in [7, 11) is 0. The minimum Gasteiger partial charge on any atom is -0.343 e. The highest BCUT2D eigenvalue weighted by Crippen LogP contribution is 2.26. The number of nitrogens with zero attached hydrogens (tertiary/aromatic N) is 1. The normalized spacial score (nSPS) is 11.0. The van der Waals surface area contributed by atoms with E-state index in [0.29, 0.717) is 5.56 Å². The number of nitrogens with two attached hydrogens (primary N) is 1. The van der Waals surface area contributed by atoms with E-state index in [4.69, 9.17) is 5.84 Å². The molecule has 0 saturated heterocycles. The van der Waals surface area contributed by atoms with E-state index >= 15 is 0 Å². The lowest BCUT2D eigenvalue weighted by Crippen LogP contribution is -2.30. The van der Waals surface area contributed by atoms with Gasteiger partial charge in [-0.3, -0.25) is 10.2 Å². The number of nitrogen functional groups attached to an aromatic ring is 1. The summed E-state index contributed by atoms with van der Waals surface area (Å²) in [6.07, 6.45) is 2.04. The molecule has 3 aromatic rings. The van der Waals surface area contributed by atoms with Crippen molar-refractivity contribution in [3.8, 4) is 0 Å². The Morgan fingerprint density at radius 2 is 1.75 bits per heavy atom. The molecular formula is C20H23N3O. The van der Waals surface area contributed by atoms with Crippen molar-refractivity contribution in [2.75, 3.05) is 0 Å². The fourth-order valence-corrected chi connectivity index (χ4v) is 3.34. The van der Waals surface area contributed by atoms with E-state index in [1.165, 1.54) is 27.8 Å². The number of hydrogen-bond acceptors (Lipinski definition) is 2. The Balaban J connectivity index is 2.12. The van der Waals surface area contributed by atoms with Crippen LogP contribution in [-0.2, 0) is 6.54 Å². The summed E-state index contributed by atoms with van der Waals surface area (Å²) in [5, 5.41) is 0.917. The summed E-state index contributed by atoms with van der Waals surface area (Å²) in [5.41, 5.74) is 10.5. The molecule has 0 atom stereocenters. The predicted octanol–water partition coefficient (Wildman–Crippen LogP) is 3.53. The van der Waals surface area contributed by atoms with Gasteiger partial charge in [-0.05, 0) is 73.7 Å². The third-order valence-electron chi connectivity index (χ3n) is 5.04. The zero-order chi connectivity index (χ0) is 17.4. The second-order valence-electron chi connectivity index (χ2n) is 6.39. The standard InChI is InChI=1S/C20H23N3O/c1-12-10-13(2)15(4)18(14(12)3)11-23-9-8-16-17(20(24)22-21)6-5-7-19(16)23/h5-10H,11,21H2,1-4H3,(H,22,24). The Labute approximate surface area is 142 Å². The summed E-state index contributed by atoms with van der Waals surface area (Å²) in [4.78, 5) is 11.9. The Morgan fingerprint density at radius 1 is 1.08 bits per heavy atom. The first-order valence-corrected chi connectivity index (χ1v) is 8.09. The van der Waals surface area contributed by atoms with E-state index in [1.807, 2.05) is 24.4 Å². The molecule has 4 nitrogen and oxygen atoms in total. The van der Waals surface area contributed by atoms with E-state index in [0.717, 1.165) is 17.4 Å². The first-order valence-electron chi connectivity index (χ1n) is 8.09. The number of hydrazine groups is 1. The van der Waals surface area contributed by atoms with Crippen molar-refractivity contribution in [2.24, 2.45) is 5.84 Å². The van der Waals surface area contributed by atoms with Gasteiger partial charge in [0, 0.05) is 23.6 Å². The Hall–Kier alpha value is -2.59. The molecule has 0 unspecified atom stereocenters. The van der Waals surface area contributed by atoms with Gasteiger partial charge in [-0.1, -0.05) is 12.1 Å². The zero-order valence-corrected chi connectivity index (χ0v) is 14.6. The highest BCUT2D eigenvalue weighted by atomic mass is 16.2. The molecular weight excluding hydrogens is 298 g/mol. The van der Waals surface area contributed by atoms with Gasteiger partial charge < -0.3 is 4.57 Å². The summed E-state index contributed by atoms with van der Waals surface area (Å²) in [5.74, 6) is 5.03. The molecule has 3 N–H and O–H groups in total. The number of carbonyl (C=O) groups excluding carboxylic acids is 1. The van der Waals surface area contributed by atoms with Crippen molar-refractivity contribution in [1.82, 2.24) is 9.99 Å². The molecule has 2 aromatic carbocycles. The number of nitrogens with one attached hydrogen (secondary N) is 1. The van der Waals surface area contributed by atoms with Crippen LogP contribution >= 0.6 is 0 Å². The number of amides is 1. The second-order valence-corrected chi connectivity index (χ2v) is 6.39. The van der Waals surface area contributed by atoms with Crippen LogP contribution in [0.4, 0.5) is 0 Å². The lowest BCUT2D eigenvalue weighted by molar-refractivity contribution is 0.0955. The molecule has 24 heavy (non-hydrogen) atoms. The third kappa shape index (κ3) is 2.59. The van der Waals surface area contributed by atoms with Crippen LogP contribution in [0.2, 0.25) is 0 Å². The van der Waals surface area contributed by atoms with Crippen LogP contribution in [0.5, 0.6) is 0 Å². The van der Waals surface area contributed by atoms with Crippen molar-refractivity contribution in [2.45, 2.75) is 34.2 Å². The summed E-state index contributed by atoms with van der Waals surface area (Å²) in [6, 6.07) is 9.95. The number of carbonyl (C=O) groups is 1. The average Bonchev–Trinajstić information content (AvgIpc) is 2.99. The van der Waals surface area contributed by atoms with Crippen molar-refractivity contribution in [3.05, 3.63) is 69.9 Å². The number of aromatic nitrogens is 1. The second kappa shape index (κ2) is 6.13. The van der Waals surface area contributed by atoms with Crippen LogP contribution in [0.3, 0.4) is 0 Å². The third-order valence-corrected chi connectivity index (χ3v) is 5.04. The fraction of sp³-hybridized carbons (Fsp3) is 0.250. The molecule has 0 bridgehead atoms. The quantitative estimate of drug-likeness (QED) is 0.440. The Morgan fingerprint density at radius 3 is 2.38 bits per heavy atom. The van der Waals surface area contributed by atoms with E-state index in [1.54, 1.807) is 6.07 Å². The predicted molar refractivity (Wildman–Crippen MR) is 98.1 cm³/mol. The minimum absolute atomic E-state index is 0.267. The maximum absolute atomic E-state index is 11.9. The largest absolute Gasteiger partial charge is 0.343 e. The molecule has 0 aliphatic carbocycles. The van der Waals surface area contributed by atoms with Crippen molar-refractivity contribution < 1.29 is 4.79 Å². The maximum Gasteiger partial charge on any atom is 0.265 e. The van der Waals surface area contributed by atoms with Crippen molar-refractivity contribution in [3.63, 3.8) is 0 Å². The van der Waals surface area contributed by atoms with Gasteiger partial charge in [0.05, 0.1) is 5.56 Å². The van der Waals surface area contributed by atoms with Gasteiger partial charge in [-0.2, -0.15) is 0 Å². The van der Waals surface area contributed by atoms with Gasteiger partial charge in [0.1, 0.15) is 0 Å². The topological polar surface area (TPSA) is 60.0 Å². The summed E-state index contributed by atoms with van der Waals surface area (Å²) in [6.45, 7) is 9.45. The number of benzene rings is 2. The lowest BCUT2D eigenvalue weighted by atomic mass is 9.94. The molecule has 0 aliphatic heterocycles. The molecule has 0 fully saturated rings. The van der Waals surface area contributed by atoms with Gasteiger partial charge in [0.15, 0.2) is 0 Å². The molecule has 0 saturated carbocycles. The number of aryl methyl sites for hydroxylation is 2. The number of rotatable bonds is 3. The smallest absolute Gasteiger partial charge is 0.265 e. The molecule has 0 aliphatic rings. The minimum atomic E-state index is -0.267. The van der Waals surface area contributed by atoms with Crippen LogP contribution in [0, 0.1) is 27.7 Å². The van der Waals surface area contributed by atoms with E-state index in [9.17, 15) is 4.79 Å². The van der Waals surface area contributed by atoms with Crippen molar-refractivity contribution >= 4 is 16.8 Å². The first kappa shape index (κ1) is 16.3. The van der Waals surface area contributed by atoms with Crippen LogP contribution in [-0.4, -0.2) is 10.5 Å². The molecule has 4 heteroatoms. The van der Waals surface area contributed by atoms with Gasteiger partial charge in [-0.15, -0.1) is 0 Å². The van der Waals surface area contributed by atoms with Gasteiger partial charge in [-0.25, -0.2) is 5.84 Å². The summed E-state index contributed by atoms with van der Waals surface area (Å²) < 4.78 is 2.19. The Bertz CT molecular complexity index is 911. The van der Waals surface area contributed by atoms with Gasteiger partial charge >= 0.3 is 0 Å². The van der Waals surface area contributed by atoms with Gasteiger partial charge in [0.2, 0.25) is 0 Å². The van der Waals surface area contributed by atoms with Crippen LogP contribution < -0.4 is 11.3 Å². The molecule has 1 amide bonds. The summed E-state index contributed by atoms with van der Waals surface area (Å²) >= 11 is 0. The van der Waals surface area contributed by atoms with E-state index in [-0.39, 0.29) is 5.91 Å². The van der Waals surface area contributed by atoms with Crippen molar-refractivity contribution in [1.29, 1.82) is 0 Å². The lowest BCUT2D eigenvalue weighted by Gasteiger charge is -2.16. The highest BCUT2D eigenvalue weighted by Gasteiger charge is 2.13. The monoisotopic (exact) mass is 321 g/mol. The first-order chi connectivity index (χ1) is 11.4.